The third kappa shape index (κ3) is 12.4. The molecule has 1 atom stereocenters. The largest absolute Gasteiger partial charge is 0.466 e. The monoisotopic (exact) mass is 625 g/mol. The molecule has 0 aliphatic rings. The van der Waals surface area contributed by atoms with Crippen molar-refractivity contribution in [2.45, 2.75) is 13.5 Å². The average Bonchev–Trinajstić information content (AvgIpc) is 3.01. The quantitative estimate of drug-likeness (QED) is 0.0384. The van der Waals surface area contributed by atoms with Gasteiger partial charge in [0, 0.05) is 42.4 Å². The first-order valence-electron chi connectivity index (χ1n) is 12.5. The van der Waals surface area contributed by atoms with E-state index in [9.17, 15) is 10.1 Å². The molecule has 13 nitrogen and oxygen atoms in total. The minimum atomic E-state index is -2.21. The van der Waals surface area contributed by atoms with Crippen molar-refractivity contribution in [1.82, 2.24) is 9.97 Å². The summed E-state index contributed by atoms with van der Waals surface area (Å²) in [4.78, 5) is 23.4. The van der Waals surface area contributed by atoms with Crippen molar-refractivity contribution >= 4 is 29.1 Å². The smallest absolute Gasteiger partial charge is 0.417 e. The Labute approximate surface area is 251 Å². The van der Waals surface area contributed by atoms with E-state index < -0.39 is 22.1 Å². The van der Waals surface area contributed by atoms with Crippen molar-refractivity contribution in [3.8, 4) is 17.5 Å². The zero-order chi connectivity index (χ0) is 30.7. The molecule has 2 heterocycles. The van der Waals surface area contributed by atoms with Crippen molar-refractivity contribution in [3.05, 3.63) is 132 Å². The number of rotatable bonds is 18. The number of nitro groups is 1. The molecule has 0 aliphatic carbocycles. The molecule has 0 radical (unpaired) electrons. The number of pyridine rings is 2. The van der Waals surface area contributed by atoms with Gasteiger partial charge in [-0.1, -0.05) is 43.0 Å². The highest BCUT2D eigenvalue weighted by Gasteiger charge is 2.24. The van der Waals surface area contributed by atoms with E-state index in [1.807, 2.05) is 6.92 Å². The maximum absolute atomic E-state index is 11.6. The molecular weight excluding hydrogens is 596 g/mol. The predicted octanol–water partition coefficient (Wildman–Crippen LogP) is 7.07. The predicted molar refractivity (Wildman–Crippen MR) is 164 cm³/mol. The molecule has 0 amide bonds. The van der Waals surface area contributed by atoms with Crippen LogP contribution in [0.1, 0.15) is 12.5 Å². The summed E-state index contributed by atoms with van der Waals surface area (Å²) in [6.45, 7) is 5.11. The van der Waals surface area contributed by atoms with Crippen molar-refractivity contribution in [2.24, 2.45) is 10.7 Å². The van der Waals surface area contributed by atoms with Crippen molar-refractivity contribution in [1.29, 1.82) is 0 Å². The van der Waals surface area contributed by atoms with Gasteiger partial charge in [0.05, 0.1) is 17.6 Å². The van der Waals surface area contributed by atoms with Gasteiger partial charge in [0.15, 0.2) is 5.88 Å². The molecule has 0 saturated heterocycles. The molecule has 3 aromatic rings. The van der Waals surface area contributed by atoms with E-state index in [2.05, 4.69) is 21.5 Å². The lowest BCUT2D eigenvalue weighted by Crippen LogP contribution is -2.06. The lowest BCUT2D eigenvalue weighted by atomic mass is 10.2. The van der Waals surface area contributed by atoms with E-state index in [4.69, 9.17) is 32.9 Å². The molecule has 15 heteroatoms. The molecule has 0 aliphatic heterocycles. The number of allylic oxidation sites excluding steroid dienone is 6. The van der Waals surface area contributed by atoms with Gasteiger partial charge < -0.3 is 23.8 Å². The van der Waals surface area contributed by atoms with Crippen LogP contribution in [0.4, 0.5) is 5.69 Å². The van der Waals surface area contributed by atoms with Crippen LogP contribution in [-0.2, 0) is 20.2 Å². The maximum atomic E-state index is 11.6. The Morgan fingerprint density at radius 2 is 1.72 bits per heavy atom. The second-order valence-electron chi connectivity index (χ2n) is 7.78. The highest BCUT2D eigenvalue weighted by Crippen LogP contribution is 2.46. The molecule has 3 rings (SSSR count). The van der Waals surface area contributed by atoms with E-state index in [1.165, 1.54) is 30.5 Å². The SMILES string of the molecule is C=C/C=C\C=N/COP(O/C(N)=C/C=C\C)Oc1cc([N+](=O)[O-])ccc1COP(Oc1ccccn1)Oc1ccccn1. The molecule has 224 valence electrons. The van der Waals surface area contributed by atoms with Crippen molar-refractivity contribution in [2.75, 3.05) is 6.73 Å². The summed E-state index contributed by atoms with van der Waals surface area (Å²) < 4.78 is 34.9. The lowest BCUT2D eigenvalue weighted by Gasteiger charge is -2.19. The molecule has 1 unspecified atom stereocenters. The van der Waals surface area contributed by atoms with Crippen molar-refractivity contribution in [3.63, 3.8) is 0 Å². The van der Waals surface area contributed by atoms with Gasteiger partial charge >= 0.3 is 17.2 Å². The van der Waals surface area contributed by atoms with Gasteiger partial charge in [-0.25, -0.2) is 9.97 Å². The number of aromatic nitrogens is 2. The molecule has 43 heavy (non-hydrogen) atoms. The molecule has 2 N–H and O–H groups in total. The van der Waals surface area contributed by atoms with Gasteiger partial charge in [-0.3, -0.25) is 24.2 Å². The Morgan fingerprint density at radius 3 is 2.33 bits per heavy atom. The summed E-state index contributed by atoms with van der Waals surface area (Å²) in [7, 11) is -4.28. The highest BCUT2D eigenvalue weighted by molar-refractivity contribution is 7.42. The van der Waals surface area contributed by atoms with Crippen LogP contribution in [0.2, 0.25) is 0 Å². The van der Waals surface area contributed by atoms with Gasteiger partial charge in [0.25, 0.3) is 5.69 Å². The average molecular weight is 626 g/mol. The minimum Gasteiger partial charge on any atom is -0.417 e. The van der Waals surface area contributed by atoms with Crippen molar-refractivity contribution < 1.29 is 32.1 Å². The Hall–Kier alpha value is -4.67. The van der Waals surface area contributed by atoms with Crippen LogP contribution < -0.4 is 19.3 Å². The number of benzene rings is 1. The minimum absolute atomic E-state index is 0.000909. The second-order valence-corrected chi connectivity index (χ2v) is 9.92. The van der Waals surface area contributed by atoms with E-state index in [1.54, 1.807) is 79.2 Å². The molecule has 0 fully saturated rings. The van der Waals surface area contributed by atoms with Gasteiger partial charge in [-0.2, -0.15) is 0 Å². The first kappa shape index (κ1) is 32.8. The van der Waals surface area contributed by atoms with Gasteiger partial charge in [0.2, 0.25) is 11.8 Å². The van der Waals surface area contributed by atoms with Gasteiger partial charge in [-0.15, -0.1) is 0 Å². The summed E-state index contributed by atoms with van der Waals surface area (Å²) in [6, 6.07) is 14.3. The maximum Gasteiger partial charge on any atom is 0.466 e. The molecular formula is C28H29N5O8P2. The third-order valence-corrected chi connectivity index (χ3v) is 6.72. The normalized spacial score (nSPS) is 12.6. The van der Waals surface area contributed by atoms with Crippen LogP contribution in [0.3, 0.4) is 0 Å². The van der Waals surface area contributed by atoms with E-state index in [0.29, 0.717) is 5.56 Å². The summed E-state index contributed by atoms with van der Waals surface area (Å²) in [6.07, 6.45) is 14.5. The first-order chi connectivity index (χ1) is 21.0. The molecule has 1 aromatic carbocycles. The van der Waals surface area contributed by atoms with E-state index >= 15 is 0 Å². The van der Waals surface area contributed by atoms with E-state index in [-0.39, 0.29) is 42.4 Å². The molecule has 0 saturated carbocycles. The number of nitrogens with two attached hydrogens (primary N) is 1. The Bertz CT molecular complexity index is 1380. The van der Waals surface area contributed by atoms with E-state index in [0.717, 1.165) is 0 Å². The fraction of sp³-hybridized carbons (Fsp3) is 0.107. The number of non-ortho nitro benzene ring substituents is 1. The fourth-order valence-electron chi connectivity index (χ4n) is 2.78. The first-order valence-corrected chi connectivity index (χ1v) is 14.7. The van der Waals surface area contributed by atoms with Gasteiger partial charge in [-0.05, 0) is 37.3 Å². The fourth-order valence-corrected chi connectivity index (χ4v) is 4.56. The number of hydrogen-bond donors (Lipinski definition) is 1. The molecule has 0 spiro atoms. The van der Waals surface area contributed by atoms with Crippen LogP contribution >= 0.6 is 17.2 Å². The summed E-state index contributed by atoms with van der Waals surface area (Å²) in [5.74, 6) is 0.586. The second kappa shape index (κ2) is 18.7. The van der Waals surface area contributed by atoms with Crippen LogP contribution in [0.25, 0.3) is 0 Å². The third-order valence-electron chi connectivity index (χ3n) is 4.68. The van der Waals surface area contributed by atoms with Gasteiger partial charge in [0.1, 0.15) is 12.5 Å². The van der Waals surface area contributed by atoms with Crippen LogP contribution in [-0.4, -0.2) is 27.8 Å². The zero-order valence-corrected chi connectivity index (χ0v) is 24.8. The number of hydrogen-bond acceptors (Lipinski definition) is 12. The van der Waals surface area contributed by atoms with Crippen LogP contribution in [0, 0.1) is 10.1 Å². The number of nitro benzene ring substituents is 1. The molecule has 0 bridgehead atoms. The highest BCUT2D eigenvalue weighted by atomic mass is 31.2. The Kier molecular flexibility index (Phi) is 14.3. The molecule has 2 aromatic heterocycles. The summed E-state index contributed by atoms with van der Waals surface area (Å²) >= 11 is 0. The zero-order valence-electron chi connectivity index (χ0n) is 23.0. The lowest BCUT2D eigenvalue weighted by molar-refractivity contribution is -0.384. The topological polar surface area (TPSA) is 163 Å². The number of aliphatic imine (C=N–C) groups is 1. The van der Waals surface area contributed by atoms with Crippen LogP contribution in [0.5, 0.6) is 17.5 Å². The summed E-state index contributed by atoms with van der Waals surface area (Å²) in [5, 5.41) is 11.6. The standard InChI is InChI=1S/C28H29N5O8P2/c1-3-5-9-17-30-22-37-43(39-26(29)12-6-4-2)38-25-20-24(33(34)35)16-15-23(25)21-36-42(40-27-13-7-10-18-31-27)41-28-14-8-11-19-32-28/h3-20H,1,21-22,29H2,2H3/b6-4-,9-5-,26-12+,30-17-. The Balaban J connectivity index is 1.84. The summed E-state index contributed by atoms with van der Waals surface area (Å²) in [5.41, 5.74) is 6.13. The van der Waals surface area contributed by atoms with Crippen LogP contribution in [0.15, 0.2) is 121 Å². The Morgan fingerprint density at radius 1 is 1.00 bits per heavy atom. The number of nitrogens with zero attached hydrogens (tertiary/aromatic N) is 4.